The first-order valence-electron chi connectivity index (χ1n) is 7.38. The molecule has 0 spiro atoms. The largest absolute Gasteiger partial charge is 0.445 e. The molecule has 0 heterocycles. The van der Waals surface area contributed by atoms with E-state index in [1.165, 1.54) is 11.1 Å². The quantitative estimate of drug-likeness (QED) is 0.923. The van der Waals surface area contributed by atoms with Crippen molar-refractivity contribution in [1.82, 2.24) is 5.32 Å². The summed E-state index contributed by atoms with van der Waals surface area (Å²) in [4.78, 5) is 12.0. The lowest BCUT2D eigenvalue weighted by molar-refractivity contribution is 0.134. The minimum Gasteiger partial charge on any atom is -0.445 e. The molecule has 2 aromatic carbocycles. The SMILES string of the molecule is O=C(N[C@H]1CCCc2ccccc21)OCc1ccccc1. The molecule has 0 saturated carbocycles. The maximum absolute atomic E-state index is 12.0. The molecule has 0 bridgehead atoms. The van der Waals surface area contributed by atoms with E-state index in [9.17, 15) is 4.79 Å². The Kier molecular flexibility index (Phi) is 4.20. The van der Waals surface area contributed by atoms with E-state index in [1.807, 2.05) is 36.4 Å². The van der Waals surface area contributed by atoms with Gasteiger partial charge in [0.2, 0.25) is 0 Å². The molecule has 3 rings (SSSR count). The molecule has 0 aromatic heterocycles. The zero-order chi connectivity index (χ0) is 14.5. The number of aryl methyl sites for hydroxylation is 1. The summed E-state index contributed by atoms with van der Waals surface area (Å²) in [5.74, 6) is 0. The molecule has 1 amide bonds. The van der Waals surface area contributed by atoms with Crippen molar-refractivity contribution in [3.63, 3.8) is 0 Å². The van der Waals surface area contributed by atoms with Crippen LogP contribution >= 0.6 is 0 Å². The summed E-state index contributed by atoms with van der Waals surface area (Å²) in [6.07, 6.45) is 2.81. The maximum Gasteiger partial charge on any atom is 0.407 e. The van der Waals surface area contributed by atoms with Crippen LogP contribution in [0.2, 0.25) is 0 Å². The topological polar surface area (TPSA) is 38.3 Å². The Balaban J connectivity index is 1.58. The zero-order valence-electron chi connectivity index (χ0n) is 11.9. The van der Waals surface area contributed by atoms with Crippen LogP contribution in [0.25, 0.3) is 0 Å². The van der Waals surface area contributed by atoms with Crippen LogP contribution in [0.15, 0.2) is 54.6 Å². The molecule has 0 radical (unpaired) electrons. The van der Waals surface area contributed by atoms with Crippen molar-refractivity contribution in [3.8, 4) is 0 Å². The molecule has 0 fully saturated rings. The Bertz CT molecular complexity index is 610. The molecule has 3 nitrogen and oxygen atoms in total. The van der Waals surface area contributed by atoms with E-state index in [1.54, 1.807) is 0 Å². The first-order valence-corrected chi connectivity index (χ1v) is 7.38. The van der Waals surface area contributed by atoms with Crippen molar-refractivity contribution in [3.05, 3.63) is 71.3 Å². The highest BCUT2D eigenvalue weighted by molar-refractivity contribution is 5.68. The van der Waals surface area contributed by atoms with E-state index < -0.39 is 0 Å². The molecule has 0 unspecified atom stereocenters. The molecule has 3 heteroatoms. The van der Waals surface area contributed by atoms with E-state index >= 15 is 0 Å². The van der Waals surface area contributed by atoms with Crippen LogP contribution in [0.3, 0.4) is 0 Å². The predicted molar refractivity (Wildman–Crippen MR) is 81.9 cm³/mol. The molecular weight excluding hydrogens is 262 g/mol. The normalized spacial score (nSPS) is 16.9. The van der Waals surface area contributed by atoms with E-state index in [4.69, 9.17) is 4.74 Å². The van der Waals surface area contributed by atoms with E-state index in [2.05, 4.69) is 23.5 Å². The average molecular weight is 281 g/mol. The van der Waals surface area contributed by atoms with Gasteiger partial charge in [-0.1, -0.05) is 54.6 Å². The van der Waals surface area contributed by atoms with Gasteiger partial charge < -0.3 is 10.1 Å². The molecule has 21 heavy (non-hydrogen) atoms. The summed E-state index contributed by atoms with van der Waals surface area (Å²) < 4.78 is 5.30. The van der Waals surface area contributed by atoms with Crippen molar-refractivity contribution >= 4 is 6.09 Å². The van der Waals surface area contributed by atoms with Crippen LogP contribution in [-0.2, 0) is 17.8 Å². The number of benzene rings is 2. The number of carbonyl (C=O) groups excluding carboxylic acids is 1. The second-order valence-electron chi connectivity index (χ2n) is 5.35. The van der Waals surface area contributed by atoms with Gasteiger partial charge in [-0.3, -0.25) is 0 Å². The summed E-state index contributed by atoms with van der Waals surface area (Å²) in [7, 11) is 0. The first kappa shape index (κ1) is 13.7. The fourth-order valence-corrected chi connectivity index (χ4v) is 2.81. The highest BCUT2D eigenvalue weighted by Gasteiger charge is 2.21. The third-order valence-electron chi connectivity index (χ3n) is 3.87. The van der Waals surface area contributed by atoms with Gasteiger partial charge in [-0.2, -0.15) is 0 Å². The first-order chi connectivity index (χ1) is 10.3. The van der Waals surface area contributed by atoms with Crippen molar-refractivity contribution in [2.45, 2.75) is 31.9 Å². The number of carbonyl (C=O) groups is 1. The lowest BCUT2D eigenvalue weighted by Gasteiger charge is -2.26. The summed E-state index contributed by atoms with van der Waals surface area (Å²) >= 11 is 0. The van der Waals surface area contributed by atoms with Crippen molar-refractivity contribution in [2.24, 2.45) is 0 Å². The summed E-state index contributed by atoms with van der Waals surface area (Å²) in [6.45, 7) is 0.307. The minimum absolute atomic E-state index is 0.0678. The van der Waals surface area contributed by atoms with Crippen molar-refractivity contribution in [2.75, 3.05) is 0 Å². The van der Waals surface area contributed by atoms with Gasteiger partial charge >= 0.3 is 6.09 Å². The Morgan fingerprint density at radius 2 is 1.86 bits per heavy atom. The van der Waals surface area contributed by atoms with Crippen molar-refractivity contribution in [1.29, 1.82) is 0 Å². The Labute approximate surface area is 124 Å². The highest BCUT2D eigenvalue weighted by Crippen LogP contribution is 2.29. The molecule has 0 aliphatic heterocycles. The molecule has 108 valence electrons. The van der Waals surface area contributed by atoms with E-state index in [-0.39, 0.29) is 12.1 Å². The number of hydrogen-bond donors (Lipinski definition) is 1. The lowest BCUT2D eigenvalue weighted by Crippen LogP contribution is -2.31. The molecule has 0 saturated heterocycles. The highest BCUT2D eigenvalue weighted by atomic mass is 16.5. The second kappa shape index (κ2) is 6.44. The molecule has 1 N–H and O–H groups in total. The van der Waals surface area contributed by atoms with Gasteiger partial charge in [0.05, 0.1) is 6.04 Å². The zero-order valence-corrected chi connectivity index (χ0v) is 11.9. The summed E-state index contributed by atoms with van der Waals surface area (Å²) in [5, 5.41) is 2.98. The van der Waals surface area contributed by atoms with Crippen LogP contribution in [-0.4, -0.2) is 6.09 Å². The van der Waals surface area contributed by atoms with Gasteiger partial charge in [0, 0.05) is 0 Å². The van der Waals surface area contributed by atoms with Crippen LogP contribution in [0.5, 0.6) is 0 Å². The number of alkyl carbamates (subject to hydrolysis) is 1. The van der Waals surface area contributed by atoms with Crippen molar-refractivity contribution < 1.29 is 9.53 Å². The third-order valence-corrected chi connectivity index (χ3v) is 3.87. The number of ether oxygens (including phenoxy) is 1. The minimum atomic E-state index is -0.347. The van der Waals surface area contributed by atoms with Crippen LogP contribution in [0, 0.1) is 0 Å². The number of fused-ring (bicyclic) bond motifs is 1. The Hall–Kier alpha value is -2.29. The van der Waals surface area contributed by atoms with Gasteiger partial charge in [-0.05, 0) is 36.0 Å². The smallest absolute Gasteiger partial charge is 0.407 e. The number of rotatable bonds is 3. The third kappa shape index (κ3) is 3.43. The Morgan fingerprint density at radius 1 is 1.10 bits per heavy atom. The standard InChI is InChI=1S/C18H19NO2/c20-18(21-13-14-7-2-1-3-8-14)19-17-12-6-10-15-9-4-5-11-16(15)17/h1-5,7-9,11,17H,6,10,12-13H2,(H,19,20)/t17-/m0/s1. The second-order valence-corrected chi connectivity index (χ2v) is 5.35. The lowest BCUT2D eigenvalue weighted by atomic mass is 9.88. The van der Waals surface area contributed by atoms with Gasteiger partial charge in [0.15, 0.2) is 0 Å². The van der Waals surface area contributed by atoms with Gasteiger partial charge in [0.1, 0.15) is 6.61 Å². The van der Waals surface area contributed by atoms with Crippen LogP contribution in [0.4, 0.5) is 4.79 Å². The monoisotopic (exact) mass is 281 g/mol. The van der Waals surface area contributed by atoms with Crippen LogP contribution in [0.1, 0.15) is 35.6 Å². The number of nitrogens with one attached hydrogen (secondary N) is 1. The average Bonchev–Trinajstić information content (AvgIpc) is 2.54. The van der Waals surface area contributed by atoms with Gasteiger partial charge in [-0.25, -0.2) is 4.79 Å². The predicted octanol–water partition coefficient (Wildman–Crippen LogP) is 3.99. The number of amides is 1. The number of hydrogen-bond acceptors (Lipinski definition) is 2. The Morgan fingerprint density at radius 3 is 2.71 bits per heavy atom. The van der Waals surface area contributed by atoms with Gasteiger partial charge in [-0.15, -0.1) is 0 Å². The van der Waals surface area contributed by atoms with Gasteiger partial charge in [0.25, 0.3) is 0 Å². The van der Waals surface area contributed by atoms with Crippen LogP contribution < -0.4 is 5.32 Å². The molecule has 1 atom stereocenters. The molecule has 1 aliphatic carbocycles. The fourth-order valence-electron chi connectivity index (χ4n) is 2.81. The summed E-state index contributed by atoms with van der Waals surface area (Å²) in [5.41, 5.74) is 3.55. The maximum atomic E-state index is 12.0. The molecule has 1 aliphatic rings. The van der Waals surface area contributed by atoms with E-state index in [0.717, 1.165) is 24.8 Å². The molecule has 2 aromatic rings. The summed E-state index contributed by atoms with van der Waals surface area (Å²) in [6, 6.07) is 18.1. The molecular formula is C18H19NO2. The van der Waals surface area contributed by atoms with E-state index in [0.29, 0.717) is 6.61 Å². The fraction of sp³-hybridized carbons (Fsp3) is 0.278.